The van der Waals surface area contributed by atoms with Gasteiger partial charge in [0.1, 0.15) is 0 Å². The SMILES string of the molecule is CCN1CCN(c2cc(Cl)ccc2C(N)=NO)CC1C. The van der Waals surface area contributed by atoms with Crippen LogP contribution >= 0.6 is 11.6 Å². The number of hydrogen-bond acceptors (Lipinski definition) is 4. The first-order valence-electron chi connectivity index (χ1n) is 6.83. The van der Waals surface area contributed by atoms with E-state index in [1.165, 1.54) is 0 Å². The van der Waals surface area contributed by atoms with E-state index in [1.807, 2.05) is 6.07 Å². The summed E-state index contributed by atoms with van der Waals surface area (Å²) in [6.07, 6.45) is 0. The van der Waals surface area contributed by atoms with Crippen LogP contribution < -0.4 is 10.6 Å². The van der Waals surface area contributed by atoms with E-state index in [-0.39, 0.29) is 5.84 Å². The second-order valence-corrected chi connectivity index (χ2v) is 5.51. The Labute approximate surface area is 124 Å². The monoisotopic (exact) mass is 296 g/mol. The van der Waals surface area contributed by atoms with Gasteiger partial charge in [-0.3, -0.25) is 4.90 Å². The van der Waals surface area contributed by atoms with Crippen molar-refractivity contribution in [1.82, 2.24) is 4.90 Å². The molecule has 1 unspecified atom stereocenters. The van der Waals surface area contributed by atoms with Gasteiger partial charge in [0, 0.05) is 41.9 Å². The molecule has 1 aliphatic heterocycles. The summed E-state index contributed by atoms with van der Waals surface area (Å²) in [4.78, 5) is 4.68. The Kier molecular flexibility index (Phi) is 4.73. The van der Waals surface area contributed by atoms with Crippen LogP contribution in [0.5, 0.6) is 0 Å². The minimum Gasteiger partial charge on any atom is -0.409 e. The number of piperazine rings is 1. The summed E-state index contributed by atoms with van der Waals surface area (Å²) in [6, 6.07) is 5.89. The van der Waals surface area contributed by atoms with Gasteiger partial charge in [0.2, 0.25) is 0 Å². The molecule has 5 nitrogen and oxygen atoms in total. The third kappa shape index (κ3) is 2.99. The predicted octanol–water partition coefficient (Wildman–Crippen LogP) is 1.96. The Bertz CT molecular complexity index is 506. The van der Waals surface area contributed by atoms with Gasteiger partial charge in [-0.05, 0) is 31.7 Å². The molecule has 20 heavy (non-hydrogen) atoms. The van der Waals surface area contributed by atoms with Crippen molar-refractivity contribution in [3.05, 3.63) is 28.8 Å². The summed E-state index contributed by atoms with van der Waals surface area (Å²) in [7, 11) is 0. The molecule has 0 radical (unpaired) electrons. The molecule has 0 bridgehead atoms. The lowest BCUT2D eigenvalue weighted by Crippen LogP contribution is -2.52. The normalized spacial score (nSPS) is 21.2. The Morgan fingerprint density at radius 1 is 1.50 bits per heavy atom. The topological polar surface area (TPSA) is 65.1 Å². The molecule has 1 atom stereocenters. The molecule has 1 fully saturated rings. The fourth-order valence-electron chi connectivity index (χ4n) is 2.72. The zero-order valence-corrected chi connectivity index (χ0v) is 12.6. The van der Waals surface area contributed by atoms with Gasteiger partial charge in [-0.15, -0.1) is 0 Å². The highest BCUT2D eigenvalue weighted by atomic mass is 35.5. The number of rotatable bonds is 3. The predicted molar refractivity (Wildman–Crippen MR) is 82.9 cm³/mol. The number of hydrogen-bond donors (Lipinski definition) is 2. The van der Waals surface area contributed by atoms with E-state index in [4.69, 9.17) is 22.5 Å². The van der Waals surface area contributed by atoms with Crippen LogP contribution in [0.3, 0.4) is 0 Å². The third-order valence-electron chi connectivity index (χ3n) is 3.86. The molecule has 1 aromatic carbocycles. The molecule has 110 valence electrons. The molecule has 1 saturated heterocycles. The van der Waals surface area contributed by atoms with Crippen LogP contribution in [-0.2, 0) is 0 Å². The Hall–Kier alpha value is -1.46. The van der Waals surface area contributed by atoms with Gasteiger partial charge in [-0.1, -0.05) is 23.7 Å². The molecule has 0 aliphatic carbocycles. The summed E-state index contributed by atoms with van der Waals surface area (Å²) in [5, 5.41) is 12.7. The van der Waals surface area contributed by atoms with Crippen LogP contribution in [0, 0.1) is 0 Å². The molecule has 1 aliphatic rings. The second-order valence-electron chi connectivity index (χ2n) is 5.07. The lowest BCUT2D eigenvalue weighted by molar-refractivity contribution is 0.199. The standard InChI is InChI=1S/C14H21ClN4O/c1-3-18-6-7-19(9-10(18)2)13-8-11(15)4-5-12(13)14(16)17-20/h4-5,8,10,20H,3,6-7,9H2,1-2H3,(H2,16,17). The number of halogens is 1. The summed E-state index contributed by atoms with van der Waals surface area (Å²) in [6.45, 7) is 8.25. The van der Waals surface area contributed by atoms with Crippen molar-refractivity contribution in [2.45, 2.75) is 19.9 Å². The van der Waals surface area contributed by atoms with E-state index in [9.17, 15) is 0 Å². The van der Waals surface area contributed by atoms with Gasteiger partial charge in [0.15, 0.2) is 5.84 Å². The fraction of sp³-hybridized carbons (Fsp3) is 0.500. The molecule has 1 aromatic rings. The minimum absolute atomic E-state index is 0.113. The molecule has 3 N–H and O–H groups in total. The van der Waals surface area contributed by atoms with Gasteiger partial charge in [0.05, 0.1) is 0 Å². The number of oxime groups is 1. The molecule has 0 saturated carbocycles. The lowest BCUT2D eigenvalue weighted by atomic mass is 10.1. The molecule has 0 amide bonds. The molecular weight excluding hydrogens is 276 g/mol. The average molecular weight is 297 g/mol. The van der Waals surface area contributed by atoms with Crippen LogP contribution in [0.2, 0.25) is 5.02 Å². The fourth-order valence-corrected chi connectivity index (χ4v) is 2.89. The summed E-state index contributed by atoms with van der Waals surface area (Å²) in [5.41, 5.74) is 7.40. The van der Waals surface area contributed by atoms with E-state index < -0.39 is 0 Å². The first-order chi connectivity index (χ1) is 9.56. The molecule has 6 heteroatoms. The van der Waals surface area contributed by atoms with Gasteiger partial charge in [-0.25, -0.2) is 0 Å². The van der Waals surface area contributed by atoms with Crippen LogP contribution in [0.4, 0.5) is 5.69 Å². The van der Waals surface area contributed by atoms with Crippen molar-refractivity contribution >= 4 is 23.1 Å². The number of nitrogens with two attached hydrogens (primary N) is 1. The molecule has 2 rings (SSSR count). The van der Waals surface area contributed by atoms with Crippen LogP contribution in [0.15, 0.2) is 23.4 Å². The smallest absolute Gasteiger partial charge is 0.172 e. The first kappa shape index (κ1) is 14.9. The quantitative estimate of drug-likeness (QED) is 0.387. The average Bonchev–Trinajstić information content (AvgIpc) is 2.46. The van der Waals surface area contributed by atoms with Gasteiger partial charge in [0.25, 0.3) is 0 Å². The van der Waals surface area contributed by atoms with Crippen molar-refractivity contribution in [3.63, 3.8) is 0 Å². The zero-order chi connectivity index (χ0) is 14.7. The first-order valence-corrected chi connectivity index (χ1v) is 7.21. The van der Waals surface area contributed by atoms with Crippen LogP contribution in [0.1, 0.15) is 19.4 Å². The largest absolute Gasteiger partial charge is 0.409 e. The van der Waals surface area contributed by atoms with E-state index in [0.717, 1.165) is 31.9 Å². The summed E-state index contributed by atoms with van der Waals surface area (Å²) >= 11 is 6.10. The van der Waals surface area contributed by atoms with Crippen molar-refractivity contribution in [2.75, 3.05) is 31.1 Å². The highest BCUT2D eigenvalue weighted by molar-refractivity contribution is 6.31. The summed E-state index contributed by atoms with van der Waals surface area (Å²) < 4.78 is 0. The van der Waals surface area contributed by atoms with Crippen molar-refractivity contribution in [2.24, 2.45) is 10.9 Å². The van der Waals surface area contributed by atoms with Gasteiger partial charge < -0.3 is 15.8 Å². The van der Waals surface area contributed by atoms with Crippen molar-refractivity contribution in [1.29, 1.82) is 0 Å². The summed E-state index contributed by atoms with van der Waals surface area (Å²) in [5.74, 6) is 0.113. The number of benzene rings is 1. The highest BCUT2D eigenvalue weighted by Gasteiger charge is 2.24. The lowest BCUT2D eigenvalue weighted by Gasteiger charge is -2.41. The molecule has 0 spiro atoms. The third-order valence-corrected chi connectivity index (χ3v) is 4.09. The van der Waals surface area contributed by atoms with Gasteiger partial charge >= 0.3 is 0 Å². The number of likely N-dealkylation sites (N-methyl/N-ethyl adjacent to an activating group) is 1. The van der Waals surface area contributed by atoms with Crippen LogP contribution in [-0.4, -0.2) is 48.2 Å². The van der Waals surface area contributed by atoms with Crippen molar-refractivity contribution < 1.29 is 5.21 Å². The number of anilines is 1. The Morgan fingerprint density at radius 3 is 2.85 bits per heavy atom. The molecule has 0 aromatic heterocycles. The zero-order valence-electron chi connectivity index (χ0n) is 11.9. The Balaban J connectivity index is 2.30. The van der Waals surface area contributed by atoms with E-state index in [1.54, 1.807) is 12.1 Å². The highest BCUT2D eigenvalue weighted by Crippen LogP contribution is 2.27. The van der Waals surface area contributed by atoms with E-state index in [0.29, 0.717) is 16.6 Å². The minimum atomic E-state index is 0.113. The molecular formula is C14H21ClN4O. The Morgan fingerprint density at radius 2 is 2.25 bits per heavy atom. The maximum Gasteiger partial charge on any atom is 0.172 e. The maximum atomic E-state index is 8.92. The van der Waals surface area contributed by atoms with Gasteiger partial charge in [-0.2, -0.15) is 0 Å². The van der Waals surface area contributed by atoms with E-state index in [2.05, 4.69) is 28.8 Å². The molecule has 1 heterocycles. The van der Waals surface area contributed by atoms with Crippen molar-refractivity contribution in [3.8, 4) is 0 Å². The van der Waals surface area contributed by atoms with E-state index >= 15 is 0 Å². The number of amidine groups is 1. The maximum absolute atomic E-state index is 8.92. The number of nitrogens with zero attached hydrogens (tertiary/aromatic N) is 3. The second kappa shape index (κ2) is 6.33. The van der Waals surface area contributed by atoms with Crippen LogP contribution in [0.25, 0.3) is 0 Å².